The summed E-state index contributed by atoms with van der Waals surface area (Å²) < 4.78 is 16.1. The Morgan fingerprint density at radius 1 is 0.959 bits per heavy atom. The molecule has 0 saturated carbocycles. The number of benzene rings is 3. The molecule has 7 nitrogen and oxygen atoms in total. The molecule has 49 heavy (non-hydrogen) atoms. The zero-order valence-electron chi connectivity index (χ0n) is 27.9. The van der Waals surface area contributed by atoms with Gasteiger partial charge in [-0.15, -0.1) is 11.3 Å². The molecule has 0 aliphatic carbocycles. The summed E-state index contributed by atoms with van der Waals surface area (Å²) in [4.78, 5) is 34.3. The second-order valence-corrected chi connectivity index (χ2v) is 14.9. The minimum atomic E-state index is -0.663. The molecular weight excluding hydrogens is 651 g/mol. The van der Waals surface area contributed by atoms with Gasteiger partial charge in [-0.25, -0.2) is 9.79 Å². The third-order valence-corrected chi connectivity index (χ3v) is 10.5. The number of esters is 1. The molecule has 0 fully saturated rings. The van der Waals surface area contributed by atoms with Crippen LogP contribution in [0.15, 0.2) is 118 Å². The molecule has 3 aromatic carbocycles. The third-order valence-electron chi connectivity index (χ3n) is 8.61. The standard InChI is InChI=1S/C40H37N3O4S2/c1-5-46-38(45)34-35(26-12-7-6-8-13-26)41-39-43(36(34)32-16-11-23-48-32)37(44)33(49-39)24-27-25-42(31-15-10-9-14-30(27)31)21-22-47-29-19-17-28(18-20-29)40(2,3)4/h6-20,23-25,36H,5,21-22H2,1-4H3/b33-24+. The zero-order valence-corrected chi connectivity index (χ0v) is 29.5. The van der Waals surface area contributed by atoms with E-state index in [1.165, 1.54) is 28.2 Å². The maximum Gasteiger partial charge on any atom is 0.338 e. The number of nitrogens with zero attached hydrogens (tertiary/aromatic N) is 3. The highest BCUT2D eigenvalue weighted by Gasteiger charge is 2.35. The summed E-state index contributed by atoms with van der Waals surface area (Å²) in [6.07, 6.45) is 4.02. The van der Waals surface area contributed by atoms with Gasteiger partial charge < -0.3 is 14.0 Å². The van der Waals surface area contributed by atoms with Gasteiger partial charge in [0.2, 0.25) is 0 Å². The van der Waals surface area contributed by atoms with Gasteiger partial charge in [-0.05, 0) is 53.6 Å². The van der Waals surface area contributed by atoms with Crippen molar-refractivity contribution in [2.75, 3.05) is 13.2 Å². The van der Waals surface area contributed by atoms with Gasteiger partial charge in [-0.1, -0.05) is 98.8 Å². The predicted molar refractivity (Wildman–Crippen MR) is 198 cm³/mol. The normalized spacial score (nSPS) is 14.9. The Hall–Kier alpha value is -4.99. The van der Waals surface area contributed by atoms with Crippen molar-refractivity contribution in [3.05, 3.63) is 149 Å². The summed E-state index contributed by atoms with van der Waals surface area (Å²) >= 11 is 2.83. The molecule has 0 saturated heterocycles. The van der Waals surface area contributed by atoms with Crippen LogP contribution >= 0.6 is 22.7 Å². The quantitative estimate of drug-likeness (QED) is 0.149. The van der Waals surface area contributed by atoms with Gasteiger partial charge in [0.05, 0.1) is 29.0 Å². The number of ether oxygens (including phenoxy) is 2. The molecule has 0 N–H and O–H groups in total. The SMILES string of the molecule is CCOC(=O)C1=C(c2ccccc2)N=c2s/c(=C/c3cn(CCOc4ccc(C(C)(C)C)cc4)c4ccccc34)c(=O)n2C1c1cccs1. The Labute approximate surface area is 292 Å². The third kappa shape index (κ3) is 6.44. The first-order valence-corrected chi connectivity index (χ1v) is 18.1. The fraction of sp³-hybridized carbons (Fsp3) is 0.225. The van der Waals surface area contributed by atoms with Crippen LogP contribution in [0.4, 0.5) is 0 Å². The highest BCUT2D eigenvalue weighted by atomic mass is 32.1. The fourth-order valence-electron chi connectivity index (χ4n) is 6.19. The number of para-hydroxylation sites is 1. The van der Waals surface area contributed by atoms with E-state index in [0.717, 1.165) is 32.7 Å². The Morgan fingerprint density at radius 3 is 2.43 bits per heavy atom. The van der Waals surface area contributed by atoms with Crippen LogP contribution in [0.3, 0.4) is 0 Å². The monoisotopic (exact) mass is 687 g/mol. The first-order valence-electron chi connectivity index (χ1n) is 16.4. The van der Waals surface area contributed by atoms with E-state index in [-0.39, 0.29) is 17.6 Å². The van der Waals surface area contributed by atoms with E-state index in [1.807, 2.05) is 78.2 Å². The van der Waals surface area contributed by atoms with Crippen LogP contribution in [0.25, 0.3) is 22.7 Å². The minimum Gasteiger partial charge on any atom is -0.492 e. The summed E-state index contributed by atoms with van der Waals surface area (Å²) in [7, 11) is 0. The lowest BCUT2D eigenvalue weighted by molar-refractivity contribution is -0.138. The number of fused-ring (bicyclic) bond motifs is 2. The fourth-order valence-corrected chi connectivity index (χ4v) is 8.00. The Morgan fingerprint density at radius 2 is 1.71 bits per heavy atom. The van der Waals surface area contributed by atoms with Crippen molar-refractivity contribution < 1.29 is 14.3 Å². The van der Waals surface area contributed by atoms with Crippen LogP contribution in [-0.4, -0.2) is 28.3 Å². The average Bonchev–Trinajstić information content (AvgIpc) is 3.83. The van der Waals surface area contributed by atoms with E-state index in [9.17, 15) is 9.59 Å². The summed E-state index contributed by atoms with van der Waals surface area (Å²) in [5.41, 5.74) is 4.81. The molecule has 1 unspecified atom stereocenters. The molecular formula is C40H37N3O4S2. The van der Waals surface area contributed by atoms with Gasteiger partial charge in [0.25, 0.3) is 5.56 Å². The average molecular weight is 688 g/mol. The number of aromatic nitrogens is 2. The zero-order chi connectivity index (χ0) is 34.1. The highest BCUT2D eigenvalue weighted by Crippen LogP contribution is 2.37. The number of thiazole rings is 1. The molecule has 9 heteroatoms. The van der Waals surface area contributed by atoms with Crippen LogP contribution in [0.1, 0.15) is 55.3 Å². The number of carbonyl (C=O) groups excluding carboxylic acids is 1. The van der Waals surface area contributed by atoms with Gasteiger partial charge in [0.15, 0.2) is 4.80 Å². The number of hydrogen-bond acceptors (Lipinski definition) is 7. The predicted octanol–water partition coefficient (Wildman–Crippen LogP) is 7.33. The van der Waals surface area contributed by atoms with E-state index in [4.69, 9.17) is 14.5 Å². The van der Waals surface area contributed by atoms with E-state index in [2.05, 4.69) is 55.8 Å². The second-order valence-electron chi connectivity index (χ2n) is 12.9. The number of rotatable bonds is 9. The molecule has 0 amide bonds. The largest absolute Gasteiger partial charge is 0.492 e. The van der Waals surface area contributed by atoms with E-state index < -0.39 is 12.0 Å². The number of thiophene rings is 1. The van der Waals surface area contributed by atoms with Crippen molar-refractivity contribution in [2.45, 2.75) is 45.7 Å². The highest BCUT2D eigenvalue weighted by molar-refractivity contribution is 7.10. The Kier molecular flexibility index (Phi) is 8.96. The maximum absolute atomic E-state index is 14.3. The summed E-state index contributed by atoms with van der Waals surface area (Å²) in [5.74, 6) is 0.358. The molecule has 0 bridgehead atoms. The van der Waals surface area contributed by atoms with Gasteiger partial charge >= 0.3 is 5.97 Å². The molecule has 0 radical (unpaired) electrons. The van der Waals surface area contributed by atoms with Crippen molar-refractivity contribution in [3.8, 4) is 5.75 Å². The maximum atomic E-state index is 14.3. The molecule has 0 spiro atoms. The van der Waals surface area contributed by atoms with Crippen molar-refractivity contribution in [2.24, 2.45) is 4.99 Å². The van der Waals surface area contributed by atoms with Crippen molar-refractivity contribution >= 4 is 51.3 Å². The number of carbonyl (C=O) groups is 1. The second kappa shape index (κ2) is 13.5. The molecule has 248 valence electrons. The van der Waals surface area contributed by atoms with E-state index in [0.29, 0.717) is 33.8 Å². The molecule has 6 aromatic rings. The summed E-state index contributed by atoms with van der Waals surface area (Å²) in [6, 6.07) is 29.3. The van der Waals surface area contributed by atoms with Gasteiger partial charge in [0.1, 0.15) is 18.4 Å². The first-order chi connectivity index (χ1) is 23.7. The van der Waals surface area contributed by atoms with Gasteiger partial charge in [-0.3, -0.25) is 9.36 Å². The molecule has 1 aliphatic rings. The van der Waals surface area contributed by atoms with Gasteiger partial charge in [-0.2, -0.15) is 0 Å². The molecule has 1 aliphatic heterocycles. The topological polar surface area (TPSA) is 74.8 Å². The van der Waals surface area contributed by atoms with Crippen molar-refractivity contribution in [3.63, 3.8) is 0 Å². The smallest absolute Gasteiger partial charge is 0.338 e. The minimum absolute atomic E-state index is 0.0859. The summed E-state index contributed by atoms with van der Waals surface area (Å²) in [6.45, 7) is 9.72. The van der Waals surface area contributed by atoms with Crippen LogP contribution in [0, 0.1) is 0 Å². The first kappa shape index (κ1) is 32.6. The van der Waals surface area contributed by atoms with Crippen LogP contribution in [0.5, 0.6) is 5.75 Å². The molecule has 4 heterocycles. The molecule has 7 rings (SSSR count). The van der Waals surface area contributed by atoms with Gasteiger partial charge in [0, 0.05) is 33.1 Å². The van der Waals surface area contributed by atoms with Crippen molar-refractivity contribution in [1.29, 1.82) is 0 Å². The Balaban J connectivity index is 1.28. The van der Waals surface area contributed by atoms with E-state index >= 15 is 0 Å². The molecule has 3 aromatic heterocycles. The van der Waals surface area contributed by atoms with Crippen molar-refractivity contribution in [1.82, 2.24) is 9.13 Å². The summed E-state index contributed by atoms with van der Waals surface area (Å²) in [5, 5.41) is 2.99. The van der Waals surface area contributed by atoms with E-state index in [1.54, 1.807) is 11.5 Å². The van der Waals surface area contributed by atoms with Crippen LogP contribution in [0.2, 0.25) is 0 Å². The molecule has 1 atom stereocenters. The lowest BCUT2D eigenvalue weighted by atomic mass is 9.87. The van der Waals surface area contributed by atoms with Crippen LogP contribution < -0.4 is 19.6 Å². The Bertz CT molecular complexity index is 2340. The lowest BCUT2D eigenvalue weighted by Gasteiger charge is -2.24. The van der Waals surface area contributed by atoms with Crippen LogP contribution in [-0.2, 0) is 21.5 Å². The lowest BCUT2D eigenvalue weighted by Crippen LogP contribution is -2.39. The number of hydrogen-bond donors (Lipinski definition) is 0.